The number of aromatic nitrogens is 2. The molecule has 0 aliphatic heterocycles. The Hall–Kier alpha value is -2.85. The van der Waals surface area contributed by atoms with Gasteiger partial charge < -0.3 is 9.84 Å². The minimum atomic E-state index is -0.578. The van der Waals surface area contributed by atoms with Crippen molar-refractivity contribution < 1.29 is 28.9 Å². The fourth-order valence-corrected chi connectivity index (χ4v) is 2.67. The monoisotopic (exact) mass is 378 g/mol. The normalized spacial score (nSPS) is 17.0. The molecule has 0 fully saturated rings. The van der Waals surface area contributed by atoms with Gasteiger partial charge in [-0.05, 0) is 53.3 Å². The molecule has 27 heavy (non-hydrogen) atoms. The van der Waals surface area contributed by atoms with Crippen LogP contribution in [0.1, 0.15) is 42.6 Å². The lowest BCUT2D eigenvalue weighted by Crippen LogP contribution is -2.26. The fourth-order valence-electron chi connectivity index (χ4n) is 2.67. The quantitative estimate of drug-likeness (QED) is 0.356. The van der Waals surface area contributed by atoms with Crippen molar-refractivity contribution in [3.8, 4) is 5.88 Å². The molecule has 2 aromatic rings. The van der Waals surface area contributed by atoms with Crippen LogP contribution in [0.3, 0.4) is 0 Å². The van der Waals surface area contributed by atoms with Crippen LogP contribution < -0.4 is 10.2 Å². The predicted molar refractivity (Wildman–Crippen MR) is 90.0 cm³/mol. The van der Waals surface area contributed by atoms with Crippen LogP contribution in [-0.4, -0.2) is 45.0 Å². The number of aliphatic hydroxyl groups is 1. The van der Waals surface area contributed by atoms with Gasteiger partial charge in [-0.1, -0.05) is 6.07 Å². The highest BCUT2D eigenvalue weighted by Gasteiger charge is 2.28. The van der Waals surface area contributed by atoms with Crippen molar-refractivity contribution in [3.63, 3.8) is 0 Å². The number of amidine groups is 1. The number of ketones is 1. The van der Waals surface area contributed by atoms with E-state index >= 15 is 0 Å². The first-order valence-corrected chi connectivity index (χ1v) is 8.39. The van der Waals surface area contributed by atoms with Crippen LogP contribution in [0.25, 0.3) is 0 Å². The zero-order valence-electron chi connectivity index (χ0n) is 14.6. The summed E-state index contributed by atoms with van der Waals surface area (Å²) < 4.78 is 23.3. The lowest BCUT2D eigenvalue weighted by molar-refractivity contribution is -0.121. The van der Waals surface area contributed by atoms with Gasteiger partial charge in [-0.2, -0.15) is 0 Å². The van der Waals surface area contributed by atoms with Crippen LogP contribution in [0.15, 0.2) is 27.8 Å². The molecule has 0 radical (unpaired) electrons. The lowest BCUT2D eigenvalue weighted by atomic mass is 9.83. The molecule has 0 bridgehead atoms. The maximum absolute atomic E-state index is 13.4. The number of rotatable bonds is 8. The van der Waals surface area contributed by atoms with E-state index in [-0.39, 0.29) is 48.1 Å². The second kappa shape index (κ2) is 8.23. The number of fused-ring (bicyclic) bond motifs is 1. The molecule has 3 N–H and O–H groups in total. The Labute approximate surface area is 153 Å². The third kappa shape index (κ3) is 4.47. The van der Waals surface area contributed by atoms with Crippen molar-refractivity contribution in [2.24, 2.45) is 4.99 Å². The van der Waals surface area contributed by atoms with Crippen molar-refractivity contribution in [1.29, 1.82) is 0 Å². The standard InChI is InChI=1S/C17H19FN4O5/c1-9(23)2-5-12(24)8-26-17-15(21-27-22-17)16(20-25)19-14-6-10-3-4-11(18)7-13(10)14/h3-4,7,9,14,23,25H,2,5-6,8H2,1H3,(H,19,20)/t9-,14+/m1/s1. The van der Waals surface area contributed by atoms with Gasteiger partial charge in [0.05, 0.1) is 12.1 Å². The highest BCUT2D eigenvalue weighted by atomic mass is 19.1. The molecule has 1 aromatic carbocycles. The minimum Gasteiger partial charge on any atom is -0.466 e. The van der Waals surface area contributed by atoms with E-state index in [1.165, 1.54) is 12.1 Å². The zero-order chi connectivity index (χ0) is 19.4. The van der Waals surface area contributed by atoms with Gasteiger partial charge >= 0.3 is 0 Å². The summed E-state index contributed by atoms with van der Waals surface area (Å²) in [6.45, 7) is 1.30. The van der Waals surface area contributed by atoms with Gasteiger partial charge in [-0.25, -0.2) is 9.02 Å². The number of carbonyl (C=O) groups is 1. The second-order valence-corrected chi connectivity index (χ2v) is 6.29. The van der Waals surface area contributed by atoms with Gasteiger partial charge in [-0.15, -0.1) is 0 Å². The number of halogens is 1. The van der Waals surface area contributed by atoms with Gasteiger partial charge in [0.25, 0.3) is 5.88 Å². The minimum absolute atomic E-state index is 0.00863. The number of nitrogens with zero attached hydrogens (tertiary/aromatic N) is 3. The molecule has 9 nitrogen and oxygen atoms in total. The third-order valence-electron chi connectivity index (χ3n) is 4.16. The van der Waals surface area contributed by atoms with Gasteiger partial charge in [-0.3, -0.25) is 20.5 Å². The number of benzene rings is 1. The average Bonchev–Trinajstić information content (AvgIpc) is 3.09. The number of aliphatic hydroxyl groups excluding tert-OH is 1. The number of carbonyl (C=O) groups excluding carboxylic acids is 1. The lowest BCUT2D eigenvalue weighted by Gasteiger charge is -2.27. The summed E-state index contributed by atoms with van der Waals surface area (Å²) in [5.74, 6) is -0.777. The molecular formula is C17H19FN4O5. The summed E-state index contributed by atoms with van der Waals surface area (Å²) in [5.41, 5.74) is 3.59. The van der Waals surface area contributed by atoms with Crippen molar-refractivity contribution in [2.75, 3.05) is 6.61 Å². The van der Waals surface area contributed by atoms with E-state index in [0.717, 1.165) is 11.1 Å². The number of nitrogens with one attached hydrogen (secondary N) is 1. The summed E-state index contributed by atoms with van der Waals surface area (Å²) in [6, 6.07) is 4.10. The van der Waals surface area contributed by atoms with E-state index in [4.69, 9.17) is 4.74 Å². The molecular weight excluding hydrogens is 359 g/mol. The van der Waals surface area contributed by atoms with Crippen molar-refractivity contribution in [1.82, 2.24) is 15.8 Å². The Morgan fingerprint density at radius 1 is 1.52 bits per heavy atom. The van der Waals surface area contributed by atoms with Crippen LogP contribution in [0.5, 0.6) is 5.88 Å². The number of hydroxylamine groups is 1. The van der Waals surface area contributed by atoms with Crippen molar-refractivity contribution >= 4 is 11.6 Å². The SMILES string of the molecule is C[C@@H](O)CCC(=O)COc1nonc1C(=N[C@H]1Cc2ccc(F)cc21)NO. The molecule has 144 valence electrons. The molecule has 1 heterocycles. The molecule has 0 saturated heterocycles. The number of aliphatic imine (C=N–C) groups is 1. The van der Waals surface area contributed by atoms with Crippen molar-refractivity contribution in [2.45, 2.75) is 38.3 Å². The van der Waals surface area contributed by atoms with Crippen LogP contribution >= 0.6 is 0 Å². The van der Waals surface area contributed by atoms with E-state index in [9.17, 15) is 19.5 Å². The van der Waals surface area contributed by atoms with E-state index in [1.54, 1.807) is 13.0 Å². The largest absolute Gasteiger partial charge is 0.466 e. The Balaban J connectivity index is 1.69. The molecule has 1 aliphatic rings. The molecule has 10 heteroatoms. The molecule has 0 saturated carbocycles. The van der Waals surface area contributed by atoms with E-state index < -0.39 is 6.10 Å². The smallest absolute Gasteiger partial charge is 0.287 e. The molecule has 0 amide bonds. The summed E-state index contributed by atoms with van der Waals surface area (Å²) in [4.78, 5) is 16.1. The Morgan fingerprint density at radius 2 is 2.33 bits per heavy atom. The van der Waals surface area contributed by atoms with Crippen LogP contribution in [0.2, 0.25) is 0 Å². The zero-order valence-corrected chi connectivity index (χ0v) is 14.6. The average molecular weight is 378 g/mol. The third-order valence-corrected chi connectivity index (χ3v) is 4.16. The molecule has 1 aromatic heterocycles. The van der Waals surface area contributed by atoms with Crippen LogP contribution in [0.4, 0.5) is 4.39 Å². The number of hydrogen-bond donors (Lipinski definition) is 3. The fraction of sp³-hybridized carbons (Fsp3) is 0.412. The summed E-state index contributed by atoms with van der Waals surface area (Å²) in [6.07, 6.45) is 0.488. The molecule has 1 aliphatic carbocycles. The van der Waals surface area contributed by atoms with Gasteiger partial charge in [0.15, 0.2) is 11.6 Å². The highest BCUT2D eigenvalue weighted by molar-refractivity contribution is 5.98. The van der Waals surface area contributed by atoms with E-state index in [0.29, 0.717) is 12.8 Å². The maximum Gasteiger partial charge on any atom is 0.287 e. The van der Waals surface area contributed by atoms with Gasteiger partial charge in [0, 0.05) is 6.42 Å². The maximum atomic E-state index is 13.4. The van der Waals surface area contributed by atoms with Crippen molar-refractivity contribution in [3.05, 3.63) is 40.8 Å². The first kappa shape index (κ1) is 18.9. The number of Topliss-reactive ketones (excluding diaryl/α,β-unsaturated/α-hetero) is 1. The Kier molecular flexibility index (Phi) is 5.77. The molecule has 0 spiro atoms. The number of hydrogen-bond acceptors (Lipinski definition) is 8. The first-order chi connectivity index (χ1) is 13.0. The van der Waals surface area contributed by atoms with Crippen LogP contribution in [-0.2, 0) is 11.2 Å². The Morgan fingerprint density at radius 3 is 3.07 bits per heavy atom. The molecule has 0 unspecified atom stereocenters. The highest BCUT2D eigenvalue weighted by Crippen LogP contribution is 2.37. The summed E-state index contributed by atoms with van der Waals surface area (Å²) >= 11 is 0. The first-order valence-electron chi connectivity index (χ1n) is 8.39. The molecule has 2 atom stereocenters. The van der Waals surface area contributed by atoms with Gasteiger partial charge in [0.2, 0.25) is 5.69 Å². The van der Waals surface area contributed by atoms with Gasteiger partial charge in [0.1, 0.15) is 12.4 Å². The van der Waals surface area contributed by atoms with E-state index in [1.807, 2.05) is 5.48 Å². The molecule has 3 rings (SSSR count). The summed E-state index contributed by atoms with van der Waals surface area (Å²) in [5, 5.41) is 25.8. The van der Waals surface area contributed by atoms with E-state index in [2.05, 4.69) is 19.9 Å². The topological polar surface area (TPSA) is 130 Å². The predicted octanol–water partition coefficient (Wildman–Crippen LogP) is 1.34. The number of ether oxygens (including phenoxy) is 1. The second-order valence-electron chi connectivity index (χ2n) is 6.29. The Bertz CT molecular complexity index is 852. The van der Waals surface area contributed by atoms with Crippen LogP contribution in [0, 0.1) is 5.82 Å². The summed E-state index contributed by atoms with van der Waals surface area (Å²) in [7, 11) is 0.